The van der Waals surface area contributed by atoms with Gasteiger partial charge in [-0.2, -0.15) is 0 Å². The van der Waals surface area contributed by atoms with E-state index >= 15 is 0 Å². The summed E-state index contributed by atoms with van der Waals surface area (Å²) >= 11 is 0. The first kappa shape index (κ1) is 30.6. The van der Waals surface area contributed by atoms with Gasteiger partial charge in [-0.05, 0) is 52.1 Å². The number of hydrogen-bond donors (Lipinski definition) is 0. The molecule has 1 atom stereocenters. The Balaban J connectivity index is 0. The van der Waals surface area contributed by atoms with E-state index in [0.717, 1.165) is 19.3 Å². The number of rotatable bonds is 21. The molecule has 0 aliphatic rings. The molecule has 0 aliphatic heterocycles. The van der Waals surface area contributed by atoms with Crippen molar-refractivity contribution in [2.24, 2.45) is 0 Å². The van der Waals surface area contributed by atoms with E-state index in [9.17, 15) is 9.90 Å². The molecule has 0 aromatic heterocycles. The Hall–Kier alpha value is 0.430. The van der Waals surface area contributed by atoms with Crippen LogP contribution in [0, 0.1) is 0 Å². The summed E-state index contributed by atoms with van der Waals surface area (Å²) in [7, 11) is 0. The van der Waals surface area contributed by atoms with Crippen molar-refractivity contribution in [3.8, 4) is 0 Å². The Bertz CT molecular complexity index is 310. The molecule has 0 fully saturated rings. The maximum Gasteiger partial charge on any atom is 1.00 e. The summed E-state index contributed by atoms with van der Waals surface area (Å²) in [6.07, 6.45) is 20.7. The monoisotopic (exact) mass is 405 g/mol. The van der Waals surface area contributed by atoms with Crippen molar-refractivity contribution in [2.75, 3.05) is 13.1 Å². The van der Waals surface area contributed by atoms with Crippen LogP contribution in [0.15, 0.2) is 0 Å². The molecule has 0 N–H and O–H groups in total. The topological polar surface area (TPSA) is 43.4 Å². The minimum atomic E-state index is -0.907. The van der Waals surface area contributed by atoms with E-state index in [-0.39, 0.29) is 36.0 Å². The van der Waals surface area contributed by atoms with Crippen molar-refractivity contribution >= 4 is 5.97 Å². The van der Waals surface area contributed by atoms with Crippen molar-refractivity contribution in [1.82, 2.24) is 4.90 Å². The van der Waals surface area contributed by atoms with Crippen molar-refractivity contribution in [2.45, 2.75) is 136 Å². The van der Waals surface area contributed by atoms with Crippen LogP contribution in [0.5, 0.6) is 0 Å². The van der Waals surface area contributed by atoms with Gasteiger partial charge >= 0.3 is 29.6 Å². The van der Waals surface area contributed by atoms with E-state index in [1.807, 2.05) is 0 Å². The third-order valence-corrected chi connectivity index (χ3v) is 5.72. The van der Waals surface area contributed by atoms with Crippen LogP contribution in [-0.4, -0.2) is 30.0 Å². The van der Waals surface area contributed by atoms with Crippen molar-refractivity contribution in [1.29, 1.82) is 0 Å². The molecule has 3 nitrogen and oxygen atoms in total. The fraction of sp³-hybridized carbons (Fsp3) is 0.958. The maximum atomic E-state index is 10.5. The fourth-order valence-corrected chi connectivity index (χ4v) is 3.81. The quantitative estimate of drug-likeness (QED) is 0.218. The SMILES string of the molecule is CCCCCCCCN(CCCCCCCC)C(C)CCCCCC(=O)[O-].[Na+]. The third-order valence-electron chi connectivity index (χ3n) is 5.72. The first-order valence-electron chi connectivity index (χ1n) is 12.1. The van der Waals surface area contributed by atoms with Gasteiger partial charge in [0.25, 0.3) is 0 Å². The minimum Gasteiger partial charge on any atom is -0.550 e. The number of nitrogens with zero attached hydrogens (tertiary/aromatic N) is 1. The fourth-order valence-electron chi connectivity index (χ4n) is 3.81. The maximum absolute atomic E-state index is 10.5. The molecule has 162 valence electrons. The molecule has 0 aromatic carbocycles. The van der Waals surface area contributed by atoms with Gasteiger partial charge in [-0.3, -0.25) is 0 Å². The average molecular weight is 406 g/mol. The molecule has 0 saturated carbocycles. The van der Waals surface area contributed by atoms with Crippen LogP contribution in [0.1, 0.15) is 130 Å². The second-order valence-corrected chi connectivity index (χ2v) is 8.39. The Morgan fingerprint density at radius 3 is 1.61 bits per heavy atom. The molecule has 0 amide bonds. The van der Waals surface area contributed by atoms with E-state index in [2.05, 4.69) is 25.7 Å². The Kier molecular flexibility index (Phi) is 25.9. The van der Waals surface area contributed by atoms with Crippen molar-refractivity contribution < 1.29 is 39.5 Å². The predicted octanol–water partition coefficient (Wildman–Crippen LogP) is 3.10. The van der Waals surface area contributed by atoms with Gasteiger partial charge in [0.2, 0.25) is 0 Å². The summed E-state index contributed by atoms with van der Waals surface area (Å²) in [6, 6.07) is 0.624. The number of carbonyl (C=O) groups is 1. The van der Waals surface area contributed by atoms with Crippen molar-refractivity contribution in [3.63, 3.8) is 0 Å². The molecule has 0 saturated heterocycles. The predicted molar refractivity (Wildman–Crippen MR) is 116 cm³/mol. The number of carbonyl (C=O) groups excluding carboxylic acids is 1. The standard InChI is InChI=1S/C24H49NO2.Na/c1-4-6-8-10-12-17-21-25(22-18-13-11-9-7-5-2)23(3)19-15-14-16-20-24(26)27;/h23H,4-22H2,1-3H3,(H,26,27);/q;+1/p-1. The van der Waals surface area contributed by atoms with Crippen LogP contribution in [0.25, 0.3) is 0 Å². The van der Waals surface area contributed by atoms with Gasteiger partial charge in [-0.1, -0.05) is 90.9 Å². The molecule has 0 rings (SSSR count). The van der Waals surface area contributed by atoms with Crippen LogP contribution in [0.3, 0.4) is 0 Å². The largest absolute Gasteiger partial charge is 1.00 e. The van der Waals surface area contributed by atoms with E-state index in [0.29, 0.717) is 6.04 Å². The third kappa shape index (κ3) is 21.1. The zero-order valence-electron chi connectivity index (χ0n) is 19.8. The summed E-state index contributed by atoms with van der Waals surface area (Å²) < 4.78 is 0. The van der Waals surface area contributed by atoms with Gasteiger partial charge in [0.15, 0.2) is 0 Å². The van der Waals surface area contributed by atoms with Crippen molar-refractivity contribution in [3.05, 3.63) is 0 Å². The summed E-state index contributed by atoms with van der Waals surface area (Å²) in [5.74, 6) is -0.907. The summed E-state index contributed by atoms with van der Waals surface area (Å²) in [4.78, 5) is 13.2. The molecule has 0 bridgehead atoms. The van der Waals surface area contributed by atoms with Gasteiger partial charge in [-0.15, -0.1) is 0 Å². The second-order valence-electron chi connectivity index (χ2n) is 8.39. The van der Waals surface area contributed by atoms with Gasteiger partial charge in [-0.25, -0.2) is 0 Å². The molecule has 0 aliphatic carbocycles. The van der Waals surface area contributed by atoms with Gasteiger partial charge in [0, 0.05) is 12.0 Å². The molecule has 4 heteroatoms. The zero-order valence-corrected chi connectivity index (χ0v) is 21.8. The first-order valence-corrected chi connectivity index (χ1v) is 12.1. The Morgan fingerprint density at radius 1 is 0.714 bits per heavy atom. The molecule has 0 aromatic rings. The summed E-state index contributed by atoms with van der Waals surface area (Å²) in [5.41, 5.74) is 0. The number of aliphatic carboxylic acids is 1. The van der Waals surface area contributed by atoms with Gasteiger partial charge in [0.1, 0.15) is 0 Å². The van der Waals surface area contributed by atoms with Crippen LogP contribution in [0.2, 0.25) is 0 Å². The molecular formula is C24H48NNaO2. The van der Waals surface area contributed by atoms with Crippen LogP contribution < -0.4 is 34.7 Å². The molecule has 28 heavy (non-hydrogen) atoms. The number of unbranched alkanes of at least 4 members (excludes halogenated alkanes) is 12. The number of carboxylic acid groups (broad SMARTS) is 1. The minimum absolute atomic E-state index is 0. The zero-order chi connectivity index (χ0) is 20.2. The summed E-state index contributed by atoms with van der Waals surface area (Å²) in [6.45, 7) is 9.39. The molecular weight excluding hydrogens is 357 g/mol. The van der Waals surface area contributed by atoms with E-state index in [1.165, 1.54) is 96.6 Å². The first-order chi connectivity index (χ1) is 13.1. The Labute approximate surface area is 198 Å². The van der Waals surface area contributed by atoms with Gasteiger partial charge < -0.3 is 14.8 Å². The average Bonchev–Trinajstić information content (AvgIpc) is 2.64. The van der Waals surface area contributed by atoms with E-state index in [1.54, 1.807) is 0 Å². The van der Waals surface area contributed by atoms with E-state index < -0.39 is 5.97 Å². The number of hydrogen-bond acceptors (Lipinski definition) is 3. The molecule has 0 spiro atoms. The Morgan fingerprint density at radius 2 is 1.14 bits per heavy atom. The summed E-state index contributed by atoms with van der Waals surface area (Å²) in [5, 5.41) is 10.5. The normalized spacial score (nSPS) is 12.1. The van der Waals surface area contributed by atoms with Crippen LogP contribution in [-0.2, 0) is 4.79 Å². The smallest absolute Gasteiger partial charge is 0.550 e. The molecule has 1 unspecified atom stereocenters. The number of carboxylic acids is 1. The van der Waals surface area contributed by atoms with E-state index in [4.69, 9.17) is 0 Å². The van der Waals surface area contributed by atoms with Gasteiger partial charge in [0.05, 0.1) is 0 Å². The van der Waals surface area contributed by atoms with Crippen LogP contribution >= 0.6 is 0 Å². The molecule has 0 heterocycles. The second kappa shape index (κ2) is 23.7. The molecule has 0 radical (unpaired) electrons. The van der Waals surface area contributed by atoms with Crippen LogP contribution in [0.4, 0.5) is 0 Å².